The maximum absolute atomic E-state index is 9.71. The van der Waals surface area contributed by atoms with Crippen LogP contribution < -0.4 is 5.32 Å². The molecule has 14 heavy (non-hydrogen) atoms. The van der Waals surface area contributed by atoms with Crippen molar-refractivity contribution in [2.45, 2.75) is 45.8 Å². The molecule has 0 aliphatic heterocycles. The molecule has 0 aliphatic rings. The molecule has 1 heterocycles. The molecule has 1 aromatic heterocycles. The molecule has 2 N–H and O–H groups in total. The molecule has 0 saturated heterocycles. The van der Waals surface area contributed by atoms with E-state index in [1.807, 2.05) is 13.8 Å². The minimum atomic E-state index is -0.752. The number of nitrogens with one attached hydrogen (secondary N) is 1. The van der Waals surface area contributed by atoms with Crippen LogP contribution in [0, 0.1) is 0 Å². The van der Waals surface area contributed by atoms with Crippen molar-refractivity contribution < 1.29 is 5.11 Å². The molecule has 0 fully saturated rings. The van der Waals surface area contributed by atoms with Gasteiger partial charge in [0.2, 0.25) is 5.13 Å². The molecule has 0 spiro atoms. The van der Waals surface area contributed by atoms with E-state index in [1.54, 1.807) is 13.8 Å². The van der Waals surface area contributed by atoms with E-state index in [1.165, 1.54) is 11.3 Å². The van der Waals surface area contributed by atoms with E-state index in [-0.39, 0.29) is 6.04 Å². The van der Waals surface area contributed by atoms with Crippen molar-refractivity contribution in [2.75, 3.05) is 5.32 Å². The van der Waals surface area contributed by atoms with Crippen molar-refractivity contribution in [3.05, 3.63) is 5.01 Å². The van der Waals surface area contributed by atoms with Crippen molar-refractivity contribution in [1.29, 1.82) is 0 Å². The summed E-state index contributed by atoms with van der Waals surface area (Å²) in [6.07, 6.45) is 0.899. The van der Waals surface area contributed by atoms with E-state index < -0.39 is 5.60 Å². The predicted molar refractivity (Wildman–Crippen MR) is 58.7 cm³/mol. The van der Waals surface area contributed by atoms with Gasteiger partial charge in [0, 0.05) is 0 Å². The van der Waals surface area contributed by atoms with E-state index >= 15 is 0 Å². The average molecular weight is 215 g/mol. The fraction of sp³-hybridized carbons (Fsp3) is 0.778. The lowest BCUT2D eigenvalue weighted by atomic mass is 10.0. The van der Waals surface area contributed by atoms with Gasteiger partial charge < -0.3 is 10.4 Å². The monoisotopic (exact) mass is 215 g/mol. The summed E-state index contributed by atoms with van der Waals surface area (Å²) in [5.74, 6) is 0. The Bertz CT molecular complexity index is 292. The zero-order valence-corrected chi connectivity index (χ0v) is 9.85. The number of aliphatic hydroxyl groups is 1. The van der Waals surface area contributed by atoms with Crippen LogP contribution in [0.15, 0.2) is 0 Å². The number of anilines is 1. The third-order valence-corrected chi connectivity index (χ3v) is 3.17. The second kappa shape index (κ2) is 4.23. The summed E-state index contributed by atoms with van der Waals surface area (Å²) in [6.45, 7) is 7.51. The Balaban J connectivity index is 2.60. The Kier molecular flexibility index (Phi) is 3.44. The van der Waals surface area contributed by atoms with E-state index in [0.29, 0.717) is 0 Å². The average Bonchev–Trinajstić information content (AvgIpc) is 2.50. The molecule has 1 aromatic rings. The van der Waals surface area contributed by atoms with Crippen molar-refractivity contribution in [2.24, 2.45) is 0 Å². The number of rotatable bonds is 4. The molecule has 1 atom stereocenters. The van der Waals surface area contributed by atoms with Crippen LogP contribution in [0.1, 0.15) is 32.7 Å². The van der Waals surface area contributed by atoms with Crippen LogP contribution in [-0.2, 0) is 6.42 Å². The fourth-order valence-electron chi connectivity index (χ4n) is 0.817. The highest BCUT2D eigenvalue weighted by molar-refractivity contribution is 7.15. The molecule has 0 amide bonds. The Morgan fingerprint density at radius 3 is 2.57 bits per heavy atom. The van der Waals surface area contributed by atoms with Gasteiger partial charge in [-0.25, -0.2) is 0 Å². The SMILES string of the molecule is CCc1nnc(NC(C)C(C)(C)O)s1. The highest BCUT2D eigenvalue weighted by Gasteiger charge is 2.22. The number of aryl methyl sites for hydroxylation is 1. The summed E-state index contributed by atoms with van der Waals surface area (Å²) in [7, 11) is 0. The van der Waals surface area contributed by atoms with Crippen LogP contribution in [0.3, 0.4) is 0 Å². The van der Waals surface area contributed by atoms with Crippen LogP contribution >= 0.6 is 11.3 Å². The Morgan fingerprint density at radius 2 is 2.14 bits per heavy atom. The van der Waals surface area contributed by atoms with Gasteiger partial charge in [-0.2, -0.15) is 0 Å². The maximum Gasteiger partial charge on any atom is 0.205 e. The first-order valence-electron chi connectivity index (χ1n) is 4.74. The zero-order chi connectivity index (χ0) is 10.8. The minimum absolute atomic E-state index is 0.0415. The second-order valence-electron chi connectivity index (χ2n) is 3.87. The summed E-state index contributed by atoms with van der Waals surface area (Å²) >= 11 is 1.53. The smallest absolute Gasteiger partial charge is 0.205 e. The molecule has 0 aromatic carbocycles. The number of hydrogen-bond acceptors (Lipinski definition) is 5. The molecule has 0 radical (unpaired) electrons. The van der Waals surface area contributed by atoms with E-state index in [0.717, 1.165) is 16.6 Å². The van der Waals surface area contributed by atoms with Crippen molar-refractivity contribution in [1.82, 2.24) is 10.2 Å². The molecule has 1 unspecified atom stereocenters. The van der Waals surface area contributed by atoms with Gasteiger partial charge >= 0.3 is 0 Å². The van der Waals surface area contributed by atoms with Crippen LogP contribution in [0.2, 0.25) is 0 Å². The standard InChI is InChI=1S/C9H17N3OS/c1-5-7-11-12-8(14-7)10-6(2)9(3,4)13/h6,13H,5H2,1-4H3,(H,10,12). The van der Waals surface area contributed by atoms with Gasteiger partial charge in [-0.15, -0.1) is 10.2 Å². The number of aromatic nitrogens is 2. The lowest BCUT2D eigenvalue weighted by Crippen LogP contribution is -2.39. The number of hydrogen-bond donors (Lipinski definition) is 2. The third-order valence-electron chi connectivity index (χ3n) is 2.17. The van der Waals surface area contributed by atoms with Gasteiger partial charge in [0.15, 0.2) is 0 Å². The second-order valence-corrected chi connectivity index (χ2v) is 4.94. The maximum atomic E-state index is 9.71. The van der Waals surface area contributed by atoms with Gasteiger partial charge in [0.05, 0.1) is 11.6 Å². The van der Waals surface area contributed by atoms with E-state index in [2.05, 4.69) is 15.5 Å². The first kappa shape index (κ1) is 11.4. The molecule has 0 aliphatic carbocycles. The van der Waals surface area contributed by atoms with Crippen LogP contribution in [0.25, 0.3) is 0 Å². The minimum Gasteiger partial charge on any atom is -0.388 e. The summed E-state index contributed by atoms with van der Waals surface area (Å²) in [5, 5.41) is 22.6. The molecular weight excluding hydrogens is 198 g/mol. The topological polar surface area (TPSA) is 58.0 Å². The van der Waals surface area contributed by atoms with Gasteiger partial charge in [-0.05, 0) is 27.2 Å². The molecule has 0 saturated carbocycles. The highest BCUT2D eigenvalue weighted by atomic mass is 32.1. The van der Waals surface area contributed by atoms with Crippen LogP contribution in [0.4, 0.5) is 5.13 Å². The molecular formula is C9H17N3OS. The highest BCUT2D eigenvalue weighted by Crippen LogP contribution is 2.19. The summed E-state index contributed by atoms with van der Waals surface area (Å²) in [4.78, 5) is 0. The Hall–Kier alpha value is -0.680. The molecule has 5 heteroatoms. The number of nitrogens with zero attached hydrogens (tertiary/aromatic N) is 2. The first-order valence-corrected chi connectivity index (χ1v) is 5.56. The summed E-state index contributed by atoms with van der Waals surface area (Å²) in [6, 6.07) is -0.0415. The van der Waals surface area contributed by atoms with Crippen molar-refractivity contribution in [3.63, 3.8) is 0 Å². The third kappa shape index (κ3) is 2.92. The van der Waals surface area contributed by atoms with E-state index in [4.69, 9.17) is 0 Å². The van der Waals surface area contributed by atoms with Crippen molar-refractivity contribution >= 4 is 16.5 Å². The summed E-state index contributed by atoms with van der Waals surface area (Å²) in [5.41, 5.74) is -0.752. The van der Waals surface area contributed by atoms with Gasteiger partial charge in [-0.1, -0.05) is 18.3 Å². The normalized spacial score (nSPS) is 14.1. The molecule has 80 valence electrons. The summed E-state index contributed by atoms with van der Waals surface area (Å²) < 4.78 is 0. The van der Waals surface area contributed by atoms with Crippen LogP contribution in [-0.4, -0.2) is 26.9 Å². The Labute approximate surface area is 88.4 Å². The van der Waals surface area contributed by atoms with Gasteiger partial charge in [0.25, 0.3) is 0 Å². The van der Waals surface area contributed by atoms with Crippen molar-refractivity contribution in [3.8, 4) is 0 Å². The lowest BCUT2D eigenvalue weighted by molar-refractivity contribution is 0.0649. The lowest BCUT2D eigenvalue weighted by Gasteiger charge is -2.26. The fourth-order valence-corrected chi connectivity index (χ4v) is 1.58. The quantitative estimate of drug-likeness (QED) is 0.802. The largest absolute Gasteiger partial charge is 0.388 e. The Morgan fingerprint density at radius 1 is 1.50 bits per heavy atom. The van der Waals surface area contributed by atoms with E-state index in [9.17, 15) is 5.11 Å². The zero-order valence-electron chi connectivity index (χ0n) is 9.03. The van der Waals surface area contributed by atoms with Gasteiger partial charge in [0.1, 0.15) is 5.01 Å². The molecule has 4 nitrogen and oxygen atoms in total. The molecule has 0 bridgehead atoms. The van der Waals surface area contributed by atoms with Gasteiger partial charge in [-0.3, -0.25) is 0 Å². The molecule has 1 rings (SSSR count). The van der Waals surface area contributed by atoms with Crippen LogP contribution in [0.5, 0.6) is 0 Å². The first-order chi connectivity index (χ1) is 6.43. The predicted octanol–water partition coefficient (Wildman–Crippen LogP) is 1.67.